The molecule has 2 amide bonds. The summed E-state index contributed by atoms with van der Waals surface area (Å²) in [5.74, 6) is 1.83. The molecule has 180 valence electrons. The second kappa shape index (κ2) is 11.2. The van der Waals surface area contributed by atoms with Crippen molar-refractivity contribution in [1.82, 2.24) is 19.5 Å². The van der Waals surface area contributed by atoms with Crippen molar-refractivity contribution in [2.45, 2.75) is 19.4 Å². The van der Waals surface area contributed by atoms with E-state index in [-0.39, 0.29) is 0 Å². The molecule has 0 radical (unpaired) electrons. The average molecular weight is 512 g/mol. The number of carbonyl (C=O) groups is 1. The molecule has 2 aromatic heterocycles. The first-order valence-electron chi connectivity index (χ1n) is 10.8. The molecule has 11 heteroatoms. The van der Waals surface area contributed by atoms with Gasteiger partial charge in [0.1, 0.15) is 11.6 Å². The molecule has 0 fully saturated rings. The van der Waals surface area contributed by atoms with Gasteiger partial charge in [0.05, 0.1) is 16.1 Å². The van der Waals surface area contributed by atoms with Gasteiger partial charge in [-0.3, -0.25) is 4.57 Å². The lowest BCUT2D eigenvalue weighted by Crippen LogP contribution is -2.19. The minimum absolute atomic E-state index is 0.346. The summed E-state index contributed by atoms with van der Waals surface area (Å²) in [6.07, 6.45) is 5.17. The largest absolute Gasteiger partial charge is 0.392 e. The lowest BCUT2D eigenvalue weighted by molar-refractivity contribution is 0.208. The van der Waals surface area contributed by atoms with Crippen LogP contribution in [0.5, 0.6) is 0 Å². The highest BCUT2D eigenvalue weighted by molar-refractivity contribution is 6.42. The number of amides is 2. The Morgan fingerprint density at radius 2 is 1.83 bits per heavy atom. The summed E-state index contributed by atoms with van der Waals surface area (Å²) in [4.78, 5) is 25.6. The van der Waals surface area contributed by atoms with E-state index in [0.717, 1.165) is 11.4 Å². The van der Waals surface area contributed by atoms with Crippen molar-refractivity contribution in [1.29, 1.82) is 0 Å². The molecule has 0 bridgehead atoms. The van der Waals surface area contributed by atoms with E-state index >= 15 is 0 Å². The van der Waals surface area contributed by atoms with Crippen LogP contribution >= 0.6 is 23.2 Å². The Morgan fingerprint density at radius 3 is 2.60 bits per heavy atom. The molecule has 0 saturated heterocycles. The minimum atomic E-state index is -0.516. The molecule has 0 aliphatic heterocycles. The number of halogens is 2. The Bertz CT molecular complexity index is 1330. The van der Waals surface area contributed by atoms with Gasteiger partial charge in [-0.2, -0.15) is 4.98 Å². The quantitative estimate of drug-likeness (QED) is 0.264. The molecule has 0 aliphatic carbocycles. The summed E-state index contributed by atoms with van der Waals surface area (Å²) in [6, 6.07) is 13.7. The van der Waals surface area contributed by atoms with Gasteiger partial charge in [-0.25, -0.2) is 14.8 Å². The summed E-state index contributed by atoms with van der Waals surface area (Å²) in [5, 5.41) is 18.8. The number of aliphatic hydroxyl groups excluding tert-OH is 1. The third-order valence-electron chi connectivity index (χ3n) is 4.89. The highest BCUT2D eigenvalue weighted by Crippen LogP contribution is 2.25. The van der Waals surface area contributed by atoms with Crippen molar-refractivity contribution >= 4 is 46.6 Å². The fourth-order valence-corrected chi connectivity index (χ4v) is 3.59. The summed E-state index contributed by atoms with van der Waals surface area (Å²) >= 11 is 11.9. The van der Waals surface area contributed by atoms with E-state index in [9.17, 15) is 9.90 Å². The second-order valence-electron chi connectivity index (χ2n) is 7.77. The van der Waals surface area contributed by atoms with E-state index in [1.54, 1.807) is 49.6 Å². The summed E-state index contributed by atoms with van der Waals surface area (Å²) in [5.41, 5.74) is 2.11. The zero-order chi connectivity index (χ0) is 24.8. The number of imidazole rings is 1. The topological polar surface area (TPSA) is 117 Å². The van der Waals surface area contributed by atoms with Crippen LogP contribution in [0.15, 0.2) is 67.1 Å². The molecule has 0 unspecified atom stereocenters. The van der Waals surface area contributed by atoms with Crippen molar-refractivity contribution in [2.75, 3.05) is 22.5 Å². The van der Waals surface area contributed by atoms with Crippen molar-refractivity contribution in [3.8, 4) is 5.82 Å². The number of benzene rings is 2. The molecule has 4 rings (SSSR count). The Balaban J connectivity index is 1.44. The van der Waals surface area contributed by atoms with Gasteiger partial charge in [0, 0.05) is 42.9 Å². The molecular weight excluding hydrogens is 489 g/mol. The van der Waals surface area contributed by atoms with Crippen LogP contribution in [0.4, 0.5) is 22.1 Å². The number of hydrogen-bond acceptors (Lipinski definition) is 6. The monoisotopic (exact) mass is 511 g/mol. The van der Waals surface area contributed by atoms with E-state index in [1.165, 1.54) is 0 Å². The number of nitrogens with one attached hydrogen (secondary N) is 3. The minimum Gasteiger partial charge on any atom is -0.392 e. The van der Waals surface area contributed by atoms with Crippen molar-refractivity contribution in [2.24, 2.45) is 0 Å². The molecule has 1 atom stereocenters. The number of hydrogen-bond donors (Lipinski definition) is 4. The van der Waals surface area contributed by atoms with Gasteiger partial charge in [0.2, 0.25) is 5.95 Å². The average Bonchev–Trinajstić information content (AvgIpc) is 3.28. The standard InChI is InChI=1S/C24H23Cl2N7O2/c1-15(34)14-29-23-28-8-7-21(32-23)33-10-9-27-22(33)12-16-3-2-4-17(11-16)30-24(35)31-18-5-6-19(25)20(26)13-18/h2-11,13,15,34H,12,14H2,1H3,(H,28,29,32)(H2,30,31,35)/t15-/m0/s1. The van der Waals surface area contributed by atoms with Crippen molar-refractivity contribution in [3.05, 3.63) is 88.6 Å². The van der Waals surface area contributed by atoms with Gasteiger partial charge in [-0.1, -0.05) is 35.3 Å². The van der Waals surface area contributed by atoms with Crippen LogP contribution in [0.1, 0.15) is 18.3 Å². The Labute approximate surface area is 212 Å². The Morgan fingerprint density at radius 1 is 1.03 bits per heavy atom. The van der Waals surface area contributed by atoms with Crippen LogP contribution in [0, 0.1) is 0 Å². The number of carbonyl (C=O) groups excluding carboxylic acids is 1. The fourth-order valence-electron chi connectivity index (χ4n) is 3.29. The summed E-state index contributed by atoms with van der Waals surface area (Å²) in [7, 11) is 0. The normalized spacial score (nSPS) is 11.7. The zero-order valence-corrected chi connectivity index (χ0v) is 20.3. The molecule has 4 N–H and O–H groups in total. The number of rotatable bonds is 8. The third-order valence-corrected chi connectivity index (χ3v) is 5.62. The van der Waals surface area contributed by atoms with E-state index in [4.69, 9.17) is 23.2 Å². The Hall–Kier alpha value is -3.66. The van der Waals surface area contributed by atoms with Crippen molar-refractivity contribution in [3.63, 3.8) is 0 Å². The van der Waals surface area contributed by atoms with Gasteiger partial charge in [0.15, 0.2) is 0 Å². The second-order valence-corrected chi connectivity index (χ2v) is 8.58. The molecule has 9 nitrogen and oxygen atoms in total. The molecule has 2 aromatic carbocycles. The van der Waals surface area contributed by atoms with Crippen LogP contribution < -0.4 is 16.0 Å². The highest BCUT2D eigenvalue weighted by Gasteiger charge is 2.11. The predicted molar refractivity (Wildman–Crippen MR) is 138 cm³/mol. The molecule has 0 saturated carbocycles. The summed E-state index contributed by atoms with van der Waals surface area (Å²) < 4.78 is 1.87. The maximum Gasteiger partial charge on any atom is 0.323 e. The number of aromatic nitrogens is 4. The van der Waals surface area contributed by atoms with Gasteiger partial charge in [-0.15, -0.1) is 0 Å². The number of anilines is 3. The van der Waals surface area contributed by atoms with Gasteiger partial charge < -0.3 is 21.1 Å². The first kappa shape index (κ1) is 24.5. The molecular formula is C24H23Cl2N7O2. The van der Waals surface area contributed by atoms with Crippen LogP contribution in [0.2, 0.25) is 10.0 Å². The first-order valence-corrected chi connectivity index (χ1v) is 11.5. The SMILES string of the molecule is C[C@H](O)CNc1nccc(-n2ccnc2Cc2cccc(NC(=O)Nc3ccc(Cl)c(Cl)c3)c2)n1. The van der Waals surface area contributed by atoms with Crippen LogP contribution in [0.25, 0.3) is 5.82 Å². The molecule has 4 aromatic rings. The summed E-state index contributed by atoms with van der Waals surface area (Å²) in [6.45, 7) is 2.03. The lowest BCUT2D eigenvalue weighted by Gasteiger charge is -2.11. The lowest BCUT2D eigenvalue weighted by atomic mass is 10.1. The predicted octanol–water partition coefficient (Wildman–Crippen LogP) is 5.00. The number of aliphatic hydroxyl groups is 1. The van der Waals surface area contributed by atoms with E-state index in [2.05, 4.69) is 30.9 Å². The first-order chi connectivity index (χ1) is 16.9. The van der Waals surface area contributed by atoms with Gasteiger partial charge in [0.25, 0.3) is 0 Å². The van der Waals surface area contributed by atoms with Gasteiger partial charge in [-0.05, 0) is 48.9 Å². The smallest absolute Gasteiger partial charge is 0.323 e. The molecule has 0 aliphatic rings. The molecule has 0 spiro atoms. The third kappa shape index (κ3) is 6.69. The maximum atomic E-state index is 12.4. The van der Waals surface area contributed by atoms with E-state index in [1.807, 2.05) is 29.0 Å². The van der Waals surface area contributed by atoms with E-state index in [0.29, 0.717) is 46.2 Å². The molecule has 2 heterocycles. The molecule has 35 heavy (non-hydrogen) atoms. The van der Waals surface area contributed by atoms with Crippen LogP contribution in [0.3, 0.4) is 0 Å². The zero-order valence-electron chi connectivity index (χ0n) is 18.7. The van der Waals surface area contributed by atoms with Crippen molar-refractivity contribution < 1.29 is 9.90 Å². The van der Waals surface area contributed by atoms with Crippen LogP contribution in [-0.2, 0) is 6.42 Å². The number of urea groups is 1. The van der Waals surface area contributed by atoms with Gasteiger partial charge >= 0.3 is 6.03 Å². The van der Waals surface area contributed by atoms with Crippen LogP contribution in [-0.4, -0.2) is 43.3 Å². The maximum absolute atomic E-state index is 12.4. The highest BCUT2D eigenvalue weighted by atomic mass is 35.5. The fraction of sp³-hybridized carbons (Fsp3) is 0.167. The van der Waals surface area contributed by atoms with E-state index < -0.39 is 12.1 Å². The Kier molecular flexibility index (Phi) is 7.81. The number of nitrogens with zero attached hydrogens (tertiary/aromatic N) is 4.